The summed E-state index contributed by atoms with van der Waals surface area (Å²) in [4.78, 5) is 10.2. The lowest BCUT2D eigenvalue weighted by atomic mass is 10.2. The summed E-state index contributed by atoms with van der Waals surface area (Å²) in [6.07, 6.45) is 0. The van der Waals surface area contributed by atoms with Crippen LogP contribution in [0.4, 0.5) is 5.69 Å². The minimum absolute atomic E-state index is 0.0505. The summed E-state index contributed by atoms with van der Waals surface area (Å²) in [5, 5.41) is 10.5. The van der Waals surface area contributed by atoms with E-state index in [0.29, 0.717) is 5.56 Å². The van der Waals surface area contributed by atoms with Gasteiger partial charge >= 0.3 is 0 Å². The molecule has 1 aromatic carbocycles. The maximum absolute atomic E-state index is 10.5. The Bertz CT molecular complexity index is 353. The Kier molecular flexibility index (Phi) is 2.88. The van der Waals surface area contributed by atoms with E-state index >= 15 is 0 Å². The zero-order valence-corrected chi connectivity index (χ0v) is 7.38. The van der Waals surface area contributed by atoms with Crippen LogP contribution >= 0.6 is 12.2 Å². The lowest BCUT2D eigenvalue weighted by molar-refractivity contribution is -0.385. The third-order valence-corrected chi connectivity index (χ3v) is 1.81. The van der Waals surface area contributed by atoms with E-state index < -0.39 is 4.92 Å². The number of nitro groups is 1. The SMILES string of the molecule is NNC(=S)c1ccccc1[N+](=O)[O-]. The fourth-order valence-electron chi connectivity index (χ4n) is 0.903. The number of nitro benzene ring substituents is 1. The number of para-hydroxylation sites is 1. The van der Waals surface area contributed by atoms with Gasteiger partial charge in [0.15, 0.2) is 0 Å². The minimum atomic E-state index is -0.501. The number of hydrazine groups is 1. The fourth-order valence-corrected chi connectivity index (χ4v) is 1.08. The number of thiocarbonyl (C=S) groups is 1. The van der Waals surface area contributed by atoms with Gasteiger partial charge in [-0.05, 0) is 6.07 Å². The molecule has 0 aromatic heterocycles. The number of rotatable bonds is 2. The van der Waals surface area contributed by atoms with Gasteiger partial charge in [-0.1, -0.05) is 24.4 Å². The van der Waals surface area contributed by atoms with E-state index in [9.17, 15) is 10.1 Å². The number of nitrogens with zero attached hydrogens (tertiary/aromatic N) is 1. The first-order chi connectivity index (χ1) is 6.16. The van der Waals surface area contributed by atoms with E-state index in [-0.39, 0.29) is 10.7 Å². The van der Waals surface area contributed by atoms with Crippen LogP contribution in [0.25, 0.3) is 0 Å². The Hall–Kier alpha value is -1.53. The van der Waals surface area contributed by atoms with E-state index in [1.54, 1.807) is 18.2 Å². The van der Waals surface area contributed by atoms with Gasteiger partial charge in [0.05, 0.1) is 10.5 Å². The summed E-state index contributed by atoms with van der Waals surface area (Å²) in [6.45, 7) is 0. The standard InChI is InChI=1S/C7H7N3O2S/c8-9-7(13)5-3-1-2-4-6(5)10(11)12/h1-4H,8H2,(H,9,13). The maximum Gasteiger partial charge on any atom is 0.279 e. The highest BCUT2D eigenvalue weighted by Gasteiger charge is 2.14. The molecule has 0 bridgehead atoms. The van der Waals surface area contributed by atoms with Crippen LogP contribution in [0.3, 0.4) is 0 Å². The van der Waals surface area contributed by atoms with Crippen molar-refractivity contribution in [1.82, 2.24) is 5.43 Å². The fraction of sp³-hybridized carbons (Fsp3) is 0. The van der Waals surface area contributed by atoms with Crippen molar-refractivity contribution in [2.75, 3.05) is 0 Å². The first-order valence-corrected chi connectivity index (χ1v) is 3.82. The molecule has 0 aliphatic carbocycles. The molecule has 0 spiro atoms. The number of nitrogens with one attached hydrogen (secondary N) is 1. The van der Waals surface area contributed by atoms with E-state index in [4.69, 9.17) is 18.1 Å². The van der Waals surface area contributed by atoms with Crippen molar-refractivity contribution in [1.29, 1.82) is 0 Å². The van der Waals surface area contributed by atoms with Gasteiger partial charge in [0.1, 0.15) is 4.99 Å². The van der Waals surface area contributed by atoms with Crippen LogP contribution in [0.5, 0.6) is 0 Å². The van der Waals surface area contributed by atoms with E-state index in [1.807, 2.05) is 0 Å². The van der Waals surface area contributed by atoms with Crippen LogP contribution in [0.15, 0.2) is 24.3 Å². The molecule has 0 fully saturated rings. The number of hydrogen-bond donors (Lipinski definition) is 2. The average molecular weight is 197 g/mol. The molecule has 0 aliphatic rings. The van der Waals surface area contributed by atoms with Gasteiger partial charge in [0, 0.05) is 6.07 Å². The second-order valence-corrected chi connectivity index (χ2v) is 2.66. The van der Waals surface area contributed by atoms with Gasteiger partial charge in [0.25, 0.3) is 5.69 Å². The molecule has 0 saturated carbocycles. The minimum Gasteiger partial charge on any atom is -0.314 e. The van der Waals surface area contributed by atoms with Crippen LogP contribution in [0, 0.1) is 10.1 Å². The van der Waals surface area contributed by atoms with Gasteiger partial charge in [-0.25, -0.2) is 5.84 Å². The van der Waals surface area contributed by atoms with Gasteiger partial charge in [0.2, 0.25) is 0 Å². The largest absolute Gasteiger partial charge is 0.314 e. The molecule has 0 unspecified atom stereocenters. The number of benzene rings is 1. The van der Waals surface area contributed by atoms with Crippen molar-refractivity contribution >= 4 is 22.9 Å². The van der Waals surface area contributed by atoms with Crippen molar-refractivity contribution in [3.8, 4) is 0 Å². The summed E-state index contributed by atoms with van der Waals surface area (Å²) in [7, 11) is 0. The molecule has 0 amide bonds. The van der Waals surface area contributed by atoms with Crippen LogP contribution in [-0.4, -0.2) is 9.91 Å². The first-order valence-electron chi connectivity index (χ1n) is 3.41. The molecule has 0 radical (unpaired) electrons. The third kappa shape index (κ3) is 1.98. The molecule has 1 rings (SSSR count). The number of nitrogens with two attached hydrogens (primary N) is 1. The second-order valence-electron chi connectivity index (χ2n) is 2.25. The monoisotopic (exact) mass is 197 g/mol. The zero-order chi connectivity index (χ0) is 9.84. The van der Waals surface area contributed by atoms with Crippen LogP contribution < -0.4 is 11.3 Å². The van der Waals surface area contributed by atoms with E-state index in [2.05, 4.69) is 5.43 Å². The van der Waals surface area contributed by atoms with Crippen molar-refractivity contribution in [2.45, 2.75) is 0 Å². The summed E-state index contributed by atoms with van der Waals surface area (Å²) in [5.74, 6) is 5.06. The second kappa shape index (κ2) is 3.92. The third-order valence-electron chi connectivity index (χ3n) is 1.48. The molecule has 0 atom stereocenters. The summed E-state index contributed by atoms with van der Waals surface area (Å²) in [6, 6.07) is 6.14. The van der Waals surface area contributed by atoms with Crippen molar-refractivity contribution in [3.63, 3.8) is 0 Å². The zero-order valence-electron chi connectivity index (χ0n) is 6.56. The Balaban J connectivity index is 3.19. The Morgan fingerprint density at radius 1 is 1.54 bits per heavy atom. The maximum atomic E-state index is 10.5. The molecule has 1 aromatic rings. The molecule has 5 nitrogen and oxygen atoms in total. The Morgan fingerprint density at radius 3 is 2.69 bits per heavy atom. The molecular weight excluding hydrogens is 190 g/mol. The first kappa shape index (κ1) is 9.56. The predicted octanol–water partition coefficient (Wildman–Crippen LogP) is 0.734. The van der Waals surface area contributed by atoms with Crippen molar-refractivity contribution < 1.29 is 4.92 Å². The van der Waals surface area contributed by atoms with Gasteiger partial charge in [-0.2, -0.15) is 0 Å². The normalized spacial score (nSPS) is 9.31. The number of hydrogen-bond acceptors (Lipinski definition) is 4. The van der Waals surface area contributed by atoms with Crippen LogP contribution in [0.2, 0.25) is 0 Å². The summed E-state index contributed by atoms with van der Waals surface area (Å²) >= 11 is 4.79. The lowest BCUT2D eigenvalue weighted by Gasteiger charge is -2.02. The smallest absolute Gasteiger partial charge is 0.279 e. The average Bonchev–Trinajstić information content (AvgIpc) is 2.16. The quantitative estimate of drug-likeness (QED) is 0.316. The lowest BCUT2D eigenvalue weighted by Crippen LogP contribution is -2.29. The van der Waals surface area contributed by atoms with Crippen molar-refractivity contribution in [3.05, 3.63) is 39.9 Å². The Morgan fingerprint density at radius 2 is 2.15 bits per heavy atom. The summed E-state index contributed by atoms with van der Waals surface area (Å²) < 4.78 is 0. The van der Waals surface area contributed by atoms with Crippen LogP contribution in [0.1, 0.15) is 5.56 Å². The molecule has 3 N–H and O–H groups in total. The highest BCUT2D eigenvalue weighted by atomic mass is 32.1. The molecule has 13 heavy (non-hydrogen) atoms. The highest BCUT2D eigenvalue weighted by Crippen LogP contribution is 2.17. The van der Waals surface area contributed by atoms with E-state index in [1.165, 1.54) is 6.07 Å². The predicted molar refractivity (Wildman–Crippen MR) is 52.1 cm³/mol. The molecule has 0 saturated heterocycles. The van der Waals surface area contributed by atoms with Gasteiger partial charge in [-0.15, -0.1) is 0 Å². The molecule has 0 heterocycles. The highest BCUT2D eigenvalue weighted by molar-refractivity contribution is 7.80. The van der Waals surface area contributed by atoms with Gasteiger partial charge in [-0.3, -0.25) is 10.1 Å². The topological polar surface area (TPSA) is 81.2 Å². The van der Waals surface area contributed by atoms with E-state index in [0.717, 1.165) is 0 Å². The molecular formula is C7H7N3O2S. The molecule has 6 heteroatoms. The van der Waals surface area contributed by atoms with Crippen molar-refractivity contribution in [2.24, 2.45) is 5.84 Å². The summed E-state index contributed by atoms with van der Waals surface area (Å²) in [5.41, 5.74) is 2.48. The van der Waals surface area contributed by atoms with Gasteiger partial charge < -0.3 is 5.43 Å². The van der Waals surface area contributed by atoms with Crippen LogP contribution in [-0.2, 0) is 0 Å². The molecule has 68 valence electrons. The molecule has 0 aliphatic heterocycles. The Labute approximate surface area is 79.7 Å².